The summed E-state index contributed by atoms with van der Waals surface area (Å²) in [4.78, 5) is 14.8. The van der Waals surface area contributed by atoms with Gasteiger partial charge in [0.25, 0.3) is 5.09 Å². The van der Waals surface area contributed by atoms with E-state index in [0.29, 0.717) is 0 Å². The summed E-state index contributed by atoms with van der Waals surface area (Å²) in [5.74, 6) is -0.0544. The molecule has 6 heteroatoms. The van der Waals surface area contributed by atoms with Crippen LogP contribution in [0.25, 0.3) is 0 Å². The Balaban J connectivity index is 2.86. The Kier molecular flexibility index (Phi) is 4.55. The Morgan fingerprint density at radius 1 is 1.50 bits per heavy atom. The second-order valence-corrected chi connectivity index (χ2v) is 5.92. The van der Waals surface area contributed by atoms with E-state index in [2.05, 4.69) is 4.84 Å². The highest BCUT2D eigenvalue weighted by Crippen LogP contribution is 2.40. The molecular formula is C12H24N2O4. The Bertz CT molecular complexity index is 308. The van der Waals surface area contributed by atoms with Gasteiger partial charge in [-0.15, -0.1) is 10.1 Å². The van der Waals surface area contributed by atoms with Gasteiger partial charge in [-0.05, 0) is 40.0 Å². The van der Waals surface area contributed by atoms with Gasteiger partial charge in [-0.1, -0.05) is 13.3 Å². The molecule has 106 valence electrons. The lowest BCUT2D eigenvalue weighted by Gasteiger charge is -2.46. The van der Waals surface area contributed by atoms with Crippen LogP contribution in [-0.2, 0) is 4.84 Å². The largest absolute Gasteiger partial charge is 0.314 e. The number of hydrogen-bond acceptors (Lipinski definition) is 5. The van der Waals surface area contributed by atoms with E-state index in [1.54, 1.807) is 0 Å². The molecule has 1 heterocycles. The van der Waals surface area contributed by atoms with Crippen LogP contribution in [0.3, 0.4) is 0 Å². The van der Waals surface area contributed by atoms with Crippen molar-refractivity contribution in [1.29, 1.82) is 0 Å². The maximum Gasteiger partial charge on any atom is 0.294 e. The highest BCUT2D eigenvalue weighted by Gasteiger charge is 2.46. The first-order valence-corrected chi connectivity index (χ1v) is 6.50. The lowest BCUT2D eigenvalue weighted by molar-refractivity contribution is -0.759. The van der Waals surface area contributed by atoms with Crippen LogP contribution in [-0.4, -0.2) is 33.0 Å². The monoisotopic (exact) mass is 260 g/mol. The molecule has 18 heavy (non-hydrogen) atoms. The molecule has 1 aliphatic rings. The quantitative estimate of drug-likeness (QED) is 0.621. The summed E-state index contributed by atoms with van der Waals surface area (Å²) in [6.07, 6.45) is 3.50. The summed E-state index contributed by atoms with van der Waals surface area (Å²) >= 11 is 0. The maximum atomic E-state index is 10.5. The predicted octanol–water partition coefficient (Wildman–Crippen LogP) is 2.63. The molecule has 1 rings (SSSR count). The van der Waals surface area contributed by atoms with Crippen LogP contribution in [0, 0.1) is 16.0 Å². The van der Waals surface area contributed by atoms with Crippen molar-refractivity contribution in [2.75, 3.05) is 6.61 Å². The molecule has 0 bridgehead atoms. The fourth-order valence-corrected chi connectivity index (χ4v) is 2.82. The van der Waals surface area contributed by atoms with E-state index in [0.717, 1.165) is 25.7 Å². The van der Waals surface area contributed by atoms with E-state index in [4.69, 9.17) is 0 Å². The summed E-state index contributed by atoms with van der Waals surface area (Å²) in [7, 11) is 0. The Hall–Kier alpha value is -0.880. The Labute approximate surface area is 108 Å². The summed E-state index contributed by atoms with van der Waals surface area (Å²) in [6, 6.07) is 0. The van der Waals surface area contributed by atoms with Gasteiger partial charge in [-0.3, -0.25) is 0 Å². The topological polar surface area (TPSA) is 75.8 Å². The van der Waals surface area contributed by atoms with Gasteiger partial charge in [-0.25, -0.2) is 0 Å². The third-order valence-electron chi connectivity index (χ3n) is 4.47. The van der Waals surface area contributed by atoms with Crippen molar-refractivity contribution in [2.45, 2.75) is 64.5 Å². The zero-order valence-electron chi connectivity index (χ0n) is 11.7. The molecule has 1 N–H and O–H groups in total. The van der Waals surface area contributed by atoms with Crippen LogP contribution in [0.2, 0.25) is 0 Å². The minimum Gasteiger partial charge on any atom is -0.314 e. The number of hydroxylamine groups is 2. The van der Waals surface area contributed by atoms with Crippen molar-refractivity contribution in [3.8, 4) is 0 Å². The van der Waals surface area contributed by atoms with Gasteiger partial charge in [0.15, 0.2) is 0 Å². The molecule has 1 fully saturated rings. The highest BCUT2D eigenvalue weighted by atomic mass is 16.9. The van der Waals surface area contributed by atoms with E-state index >= 15 is 0 Å². The fraction of sp³-hybridized carbons (Fsp3) is 1.00. The average Bonchev–Trinajstić information content (AvgIpc) is 2.38. The van der Waals surface area contributed by atoms with Crippen molar-refractivity contribution in [1.82, 2.24) is 5.06 Å². The van der Waals surface area contributed by atoms with Crippen LogP contribution in [0.4, 0.5) is 0 Å². The number of hydrogen-bond donors (Lipinski definition) is 1. The minimum atomic E-state index is -0.762. The molecule has 1 saturated heterocycles. The lowest BCUT2D eigenvalue weighted by atomic mass is 9.84. The molecule has 0 aromatic carbocycles. The van der Waals surface area contributed by atoms with E-state index in [1.165, 1.54) is 5.06 Å². The summed E-state index contributed by atoms with van der Waals surface area (Å²) in [5, 5.41) is 21.4. The van der Waals surface area contributed by atoms with Crippen molar-refractivity contribution >= 4 is 0 Å². The molecule has 0 spiro atoms. The van der Waals surface area contributed by atoms with Crippen molar-refractivity contribution < 1.29 is 15.1 Å². The molecule has 1 aliphatic heterocycles. The first kappa shape index (κ1) is 15.2. The van der Waals surface area contributed by atoms with Gasteiger partial charge in [0.2, 0.25) is 0 Å². The van der Waals surface area contributed by atoms with Crippen LogP contribution >= 0.6 is 0 Å². The molecule has 2 unspecified atom stereocenters. The van der Waals surface area contributed by atoms with E-state index < -0.39 is 10.6 Å². The van der Waals surface area contributed by atoms with Crippen LogP contribution in [0.15, 0.2) is 0 Å². The molecule has 0 amide bonds. The second kappa shape index (κ2) is 5.40. The van der Waals surface area contributed by atoms with E-state index in [1.807, 2.05) is 27.7 Å². The van der Waals surface area contributed by atoms with Gasteiger partial charge in [0.05, 0.1) is 0 Å². The smallest absolute Gasteiger partial charge is 0.294 e. The van der Waals surface area contributed by atoms with Gasteiger partial charge in [0.1, 0.15) is 6.61 Å². The normalized spacial score (nSPS) is 32.8. The van der Waals surface area contributed by atoms with Crippen LogP contribution in [0.5, 0.6) is 0 Å². The third-order valence-corrected chi connectivity index (χ3v) is 4.47. The molecular weight excluding hydrogens is 236 g/mol. The average molecular weight is 260 g/mol. The number of nitrogens with zero attached hydrogens (tertiary/aromatic N) is 2. The van der Waals surface area contributed by atoms with Crippen LogP contribution < -0.4 is 0 Å². The molecule has 0 aromatic heterocycles. The molecule has 0 aromatic rings. The zero-order chi connectivity index (χ0) is 14.0. The highest BCUT2D eigenvalue weighted by molar-refractivity contribution is 4.96. The van der Waals surface area contributed by atoms with Gasteiger partial charge < -0.3 is 10.0 Å². The molecule has 6 nitrogen and oxygen atoms in total. The summed E-state index contributed by atoms with van der Waals surface area (Å²) in [6.45, 7) is 7.95. The van der Waals surface area contributed by atoms with Gasteiger partial charge >= 0.3 is 0 Å². The first-order valence-electron chi connectivity index (χ1n) is 6.50. The van der Waals surface area contributed by atoms with Gasteiger partial charge in [0, 0.05) is 17.0 Å². The maximum absolute atomic E-state index is 10.5. The SMILES string of the molecule is CCC1(C)CCCC(CO[N+](=O)[O-])C(C)(C)N1O. The standard InChI is InChI=1S/C12H24N2O4/c1-5-12(4)8-6-7-10(9-18-14(16)17)11(2,3)13(12)15/h10,15H,5-9H2,1-4H3. The Morgan fingerprint density at radius 3 is 2.61 bits per heavy atom. The lowest BCUT2D eigenvalue weighted by Crippen LogP contribution is -2.57. The number of rotatable bonds is 4. The zero-order valence-corrected chi connectivity index (χ0v) is 11.7. The minimum absolute atomic E-state index is 0.0385. The fourth-order valence-electron chi connectivity index (χ4n) is 2.82. The third kappa shape index (κ3) is 2.92. The van der Waals surface area contributed by atoms with E-state index in [9.17, 15) is 15.3 Å². The van der Waals surface area contributed by atoms with E-state index in [-0.39, 0.29) is 18.1 Å². The molecule has 0 radical (unpaired) electrons. The second-order valence-electron chi connectivity index (χ2n) is 5.92. The summed E-state index contributed by atoms with van der Waals surface area (Å²) in [5.41, 5.74) is -0.801. The van der Waals surface area contributed by atoms with Crippen molar-refractivity contribution in [3.05, 3.63) is 10.1 Å². The summed E-state index contributed by atoms with van der Waals surface area (Å²) < 4.78 is 0. The molecule has 0 saturated carbocycles. The van der Waals surface area contributed by atoms with Gasteiger partial charge in [-0.2, -0.15) is 5.06 Å². The predicted molar refractivity (Wildman–Crippen MR) is 66.7 cm³/mol. The Morgan fingerprint density at radius 2 is 2.11 bits per heavy atom. The molecule has 2 atom stereocenters. The van der Waals surface area contributed by atoms with Crippen LogP contribution in [0.1, 0.15) is 53.4 Å². The van der Waals surface area contributed by atoms with Crippen molar-refractivity contribution in [3.63, 3.8) is 0 Å². The first-order chi connectivity index (χ1) is 8.24. The van der Waals surface area contributed by atoms with Crippen molar-refractivity contribution in [2.24, 2.45) is 5.92 Å². The molecule has 0 aliphatic carbocycles.